The summed E-state index contributed by atoms with van der Waals surface area (Å²) >= 11 is 3.28. The Morgan fingerprint density at radius 1 is 1.36 bits per heavy atom. The Labute approximate surface area is 86.7 Å². The van der Waals surface area contributed by atoms with E-state index in [1.54, 1.807) is 19.1 Å². The highest BCUT2D eigenvalue weighted by molar-refractivity contribution is 9.10. The van der Waals surface area contributed by atoms with E-state index < -0.39 is 11.4 Å². The van der Waals surface area contributed by atoms with Gasteiger partial charge in [0, 0.05) is 4.47 Å². The van der Waals surface area contributed by atoms with E-state index in [9.17, 15) is 9.59 Å². The smallest absolute Gasteiger partial charge is 0.372 e. The van der Waals surface area contributed by atoms with Crippen LogP contribution < -0.4 is 11.4 Å². The Balaban J connectivity index is 3.10. The number of rotatable bonds is 0. The summed E-state index contributed by atoms with van der Waals surface area (Å²) in [6, 6.07) is 3.46. The van der Waals surface area contributed by atoms with Gasteiger partial charge < -0.3 is 4.42 Å². The number of halogens is 1. The van der Waals surface area contributed by atoms with Crippen molar-refractivity contribution in [2.45, 2.75) is 6.92 Å². The number of aryl methyl sites for hydroxylation is 1. The number of hydrogen-bond acceptors (Lipinski definition) is 3. The van der Waals surface area contributed by atoms with Crippen LogP contribution in [0.3, 0.4) is 0 Å². The molecule has 0 bridgehead atoms. The molecule has 72 valence electrons. The van der Waals surface area contributed by atoms with Crippen LogP contribution in [0.25, 0.3) is 10.9 Å². The van der Waals surface area contributed by atoms with E-state index in [0.29, 0.717) is 10.9 Å². The van der Waals surface area contributed by atoms with Gasteiger partial charge in [-0.1, -0.05) is 15.9 Å². The monoisotopic (exact) mass is 255 g/mol. The van der Waals surface area contributed by atoms with Gasteiger partial charge in [0.1, 0.15) is 0 Å². The van der Waals surface area contributed by atoms with Gasteiger partial charge in [0.25, 0.3) is 0 Å². The molecule has 0 amide bonds. The molecule has 2 rings (SSSR count). The van der Waals surface area contributed by atoms with Gasteiger partial charge in [-0.3, -0.25) is 4.98 Å². The lowest BCUT2D eigenvalue weighted by atomic mass is 10.1. The zero-order valence-electron chi connectivity index (χ0n) is 7.26. The quantitative estimate of drug-likeness (QED) is 0.777. The van der Waals surface area contributed by atoms with Gasteiger partial charge in [0.15, 0.2) is 0 Å². The van der Waals surface area contributed by atoms with Crippen molar-refractivity contribution in [3.8, 4) is 0 Å². The molecule has 4 nitrogen and oxygen atoms in total. The highest BCUT2D eigenvalue weighted by Crippen LogP contribution is 2.18. The van der Waals surface area contributed by atoms with Gasteiger partial charge in [0.05, 0.1) is 10.9 Å². The molecule has 0 atom stereocenters. The molecule has 5 heteroatoms. The summed E-state index contributed by atoms with van der Waals surface area (Å²) in [4.78, 5) is 24.7. The zero-order valence-corrected chi connectivity index (χ0v) is 8.84. The number of aromatic nitrogens is 1. The first kappa shape index (κ1) is 9.21. The average molecular weight is 256 g/mol. The zero-order chi connectivity index (χ0) is 10.3. The van der Waals surface area contributed by atoms with E-state index >= 15 is 0 Å². The standard InChI is InChI=1S/C9H6BrNO3/c1-4-2-5(10)3-6-7(4)8(12)14-9(13)11-6/h2-3H,1H3,(H,11,13). The van der Waals surface area contributed by atoms with E-state index in [4.69, 9.17) is 0 Å². The third kappa shape index (κ3) is 1.39. The van der Waals surface area contributed by atoms with Crippen LogP contribution >= 0.6 is 15.9 Å². The molecular weight excluding hydrogens is 250 g/mol. The highest BCUT2D eigenvalue weighted by Gasteiger charge is 2.06. The van der Waals surface area contributed by atoms with Gasteiger partial charge in [-0.2, -0.15) is 0 Å². The first-order chi connectivity index (χ1) is 6.58. The molecule has 0 spiro atoms. The number of H-pyrrole nitrogens is 1. The lowest BCUT2D eigenvalue weighted by Gasteiger charge is -1.99. The maximum absolute atomic E-state index is 11.3. The fourth-order valence-electron chi connectivity index (χ4n) is 1.38. The van der Waals surface area contributed by atoms with Crippen LogP contribution in [-0.2, 0) is 0 Å². The molecule has 0 unspecified atom stereocenters. The van der Waals surface area contributed by atoms with Crippen LogP contribution in [0.2, 0.25) is 0 Å². The topological polar surface area (TPSA) is 63.1 Å². The minimum absolute atomic E-state index is 0.410. The number of fused-ring (bicyclic) bond motifs is 1. The van der Waals surface area contributed by atoms with Crippen LogP contribution in [0.1, 0.15) is 5.56 Å². The molecule has 1 aromatic heterocycles. The van der Waals surface area contributed by atoms with E-state index in [1.165, 1.54) is 0 Å². The van der Waals surface area contributed by atoms with Crippen molar-refractivity contribution in [1.29, 1.82) is 0 Å². The third-order valence-electron chi connectivity index (χ3n) is 1.93. The van der Waals surface area contributed by atoms with Crippen molar-refractivity contribution in [2.75, 3.05) is 0 Å². The molecule has 0 saturated carbocycles. The number of benzene rings is 1. The second-order valence-corrected chi connectivity index (χ2v) is 3.86. The Morgan fingerprint density at radius 2 is 2.07 bits per heavy atom. The Hall–Kier alpha value is -1.36. The number of nitrogens with one attached hydrogen (secondary N) is 1. The fraction of sp³-hybridized carbons (Fsp3) is 0.111. The number of hydrogen-bond donors (Lipinski definition) is 1. The summed E-state index contributed by atoms with van der Waals surface area (Å²) in [5, 5.41) is 0.410. The second-order valence-electron chi connectivity index (χ2n) is 2.95. The minimum Gasteiger partial charge on any atom is -0.372 e. The second kappa shape index (κ2) is 3.09. The fourth-order valence-corrected chi connectivity index (χ4v) is 1.96. The van der Waals surface area contributed by atoms with Crippen LogP contribution in [0.4, 0.5) is 0 Å². The van der Waals surface area contributed by atoms with Gasteiger partial charge >= 0.3 is 11.4 Å². The Morgan fingerprint density at radius 3 is 2.79 bits per heavy atom. The van der Waals surface area contributed by atoms with Crippen LogP contribution in [0.5, 0.6) is 0 Å². The predicted octanol–water partition coefficient (Wildman–Crippen LogP) is 1.55. The van der Waals surface area contributed by atoms with Gasteiger partial charge in [-0.05, 0) is 24.6 Å². The third-order valence-corrected chi connectivity index (χ3v) is 2.38. The summed E-state index contributed by atoms with van der Waals surface area (Å²) in [6.07, 6.45) is 0. The maximum atomic E-state index is 11.3. The number of aromatic amines is 1. The molecule has 0 aliphatic carbocycles. The van der Waals surface area contributed by atoms with Crippen LogP contribution in [0, 0.1) is 6.92 Å². The van der Waals surface area contributed by atoms with E-state index in [-0.39, 0.29) is 0 Å². The minimum atomic E-state index is -0.736. The van der Waals surface area contributed by atoms with Crippen LogP contribution in [0.15, 0.2) is 30.6 Å². The molecule has 0 aliphatic heterocycles. The summed E-state index contributed by atoms with van der Waals surface area (Å²) in [6.45, 7) is 1.78. The Kier molecular flexibility index (Phi) is 2.03. The molecule has 2 aromatic rings. The van der Waals surface area contributed by atoms with Crippen LogP contribution in [-0.4, -0.2) is 4.98 Å². The van der Waals surface area contributed by atoms with Gasteiger partial charge in [0.2, 0.25) is 0 Å². The lowest BCUT2D eigenvalue weighted by molar-refractivity contribution is 0.460. The van der Waals surface area contributed by atoms with Crippen molar-refractivity contribution in [3.05, 3.63) is 43.1 Å². The maximum Gasteiger partial charge on any atom is 0.419 e. The van der Waals surface area contributed by atoms with E-state index in [2.05, 4.69) is 25.3 Å². The molecular formula is C9H6BrNO3. The summed E-state index contributed by atoms with van der Waals surface area (Å²) in [5.74, 6) is -0.736. The summed E-state index contributed by atoms with van der Waals surface area (Å²) in [7, 11) is 0. The first-order valence-electron chi connectivity index (χ1n) is 3.91. The van der Waals surface area contributed by atoms with Crippen molar-refractivity contribution < 1.29 is 4.42 Å². The molecule has 14 heavy (non-hydrogen) atoms. The molecule has 0 saturated heterocycles. The predicted molar refractivity (Wildman–Crippen MR) is 55.5 cm³/mol. The van der Waals surface area contributed by atoms with Gasteiger partial charge in [-0.25, -0.2) is 9.59 Å². The van der Waals surface area contributed by atoms with E-state index in [0.717, 1.165) is 10.0 Å². The Bertz CT molecular complexity index is 611. The summed E-state index contributed by atoms with van der Waals surface area (Å²) < 4.78 is 5.24. The van der Waals surface area contributed by atoms with Crippen molar-refractivity contribution >= 4 is 26.8 Å². The van der Waals surface area contributed by atoms with E-state index in [1.807, 2.05) is 0 Å². The molecule has 1 aromatic carbocycles. The molecule has 0 fully saturated rings. The molecule has 1 heterocycles. The molecule has 0 aliphatic rings. The highest BCUT2D eigenvalue weighted by atomic mass is 79.9. The average Bonchev–Trinajstić information content (AvgIpc) is 1.99. The molecule has 1 N–H and O–H groups in total. The lowest BCUT2D eigenvalue weighted by Crippen LogP contribution is -2.15. The summed E-state index contributed by atoms with van der Waals surface area (Å²) in [5.41, 5.74) is 0.645. The largest absolute Gasteiger partial charge is 0.419 e. The molecule has 0 radical (unpaired) electrons. The first-order valence-corrected chi connectivity index (χ1v) is 4.70. The van der Waals surface area contributed by atoms with Crippen molar-refractivity contribution in [1.82, 2.24) is 4.98 Å². The SMILES string of the molecule is Cc1cc(Br)cc2[nH]c(=O)oc(=O)c12. The van der Waals surface area contributed by atoms with Gasteiger partial charge in [-0.15, -0.1) is 0 Å². The van der Waals surface area contributed by atoms with Crippen molar-refractivity contribution in [2.24, 2.45) is 0 Å². The normalized spacial score (nSPS) is 10.7. The van der Waals surface area contributed by atoms with Crippen molar-refractivity contribution in [3.63, 3.8) is 0 Å².